The molecule has 0 fully saturated rings. The van der Waals surface area contributed by atoms with Crippen molar-refractivity contribution in [2.24, 2.45) is 0 Å². The van der Waals surface area contributed by atoms with Gasteiger partial charge >= 0.3 is 0 Å². The van der Waals surface area contributed by atoms with Crippen molar-refractivity contribution in [3.63, 3.8) is 0 Å². The van der Waals surface area contributed by atoms with Gasteiger partial charge in [-0.15, -0.1) is 0 Å². The molecule has 0 saturated heterocycles. The van der Waals surface area contributed by atoms with Crippen LogP contribution in [0, 0.1) is 6.92 Å². The van der Waals surface area contributed by atoms with Crippen LogP contribution in [0.1, 0.15) is 11.1 Å². The number of allylic oxidation sites excluding steroid dienone is 1. The molecule has 0 aliphatic rings. The number of aryl methyl sites for hydroxylation is 1. The Morgan fingerprint density at radius 1 is 1.54 bits per heavy atom. The van der Waals surface area contributed by atoms with Crippen LogP contribution >= 0.6 is 15.9 Å². The van der Waals surface area contributed by atoms with Gasteiger partial charge in [-0.3, -0.25) is 0 Å². The highest BCUT2D eigenvalue weighted by Crippen LogP contribution is 2.28. The molecule has 70 valence electrons. The second-order valence-electron chi connectivity index (χ2n) is 2.89. The van der Waals surface area contributed by atoms with E-state index in [9.17, 15) is 0 Å². The van der Waals surface area contributed by atoms with Gasteiger partial charge in [0.05, 0.1) is 7.11 Å². The molecule has 1 aromatic carbocycles. The van der Waals surface area contributed by atoms with Crippen LogP contribution in [0.5, 0.6) is 5.75 Å². The van der Waals surface area contributed by atoms with Crippen molar-refractivity contribution in [1.82, 2.24) is 0 Å². The van der Waals surface area contributed by atoms with E-state index in [1.54, 1.807) is 7.11 Å². The number of para-hydroxylation sites is 1. The summed E-state index contributed by atoms with van der Waals surface area (Å²) < 4.78 is 5.32. The first-order valence-electron chi connectivity index (χ1n) is 4.08. The lowest BCUT2D eigenvalue weighted by Gasteiger charge is -2.11. The summed E-state index contributed by atoms with van der Waals surface area (Å²) in [5.41, 5.74) is 3.27. The molecule has 0 bridgehead atoms. The van der Waals surface area contributed by atoms with Crippen molar-refractivity contribution in [3.05, 3.63) is 35.9 Å². The van der Waals surface area contributed by atoms with E-state index in [-0.39, 0.29) is 0 Å². The van der Waals surface area contributed by atoms with E-state index in [1.807, 2.05) is 25.1 Å². The van der Waals surface area contributed by atoms with E-state index >= 15 is 0 Å². The minimum Gasteiger partial charge on any atom is -0.496 e. The smallest absolute Gasteiger partial charge is 0.129 e. The Morgan fingerprint density at radius 2 is 2.23 bits per heavy atom. The van der Waals surface area contributed by atoms with E-state index in [0.29, 0.717) is 0 Å². The Morgan fingerprint density at radius 3 is 2.77 bits per heavy atom. The average Bonchev–Trinajstić information content (AvgIpc) is 2.16. The Kier molecular flexibility index (Phi) is 3.55. The molecule has 1 aromatic rings. The number of alkyl halides is 1. The highest BCUT2D eigenvalue weighted by molar-refractivity contribution is 9.09. The topological polar surface area (TPSA) is 9.23 Å². The maximum Gasteiger partial charge on any atom is 0.129 e. The summed E-state index contributed by atoms with van der Waals surface area (Å²) in [5, 5.41) is 0.771. The highest BCUT2D eigenvalue weighted by atomic mass is 79.9. The molecular formula is C11H13BrO. The fraction of sp³-hybridized carbons (Fsp3) is 0.273. The van der Waals surface area contributed by atoms with Gasteiger partial charge < -0.3 is 4.74 Å². The molecule has 0 aliphatic carbocycles. The zero-order chi connectivity index (χ0) is 9.84. The van der Waals surface area contributed by atoms with Crippen molar-refractivity contribution >= 4 is 21.5 Å². The largest absolute Gasteiger partial charge is 0.496 e. The second kappa shape index (κ2) is 4.47. The SMILES string of the molecule is C=C(CBr)c1cccc(C)c1OC. The maximum absolute atomic E-state index is 5.32. The summed E-state index contributed by atoms with van der Waals surface area (Å²) in [5.74, 6) is 0.923. The average molecular weight is 241 g/mol. The minimum atomic E-state index is 0.771. The van der Waals surface area contributed by atoms with Gasteiger partial charge in [0.2, 0.25) is 0 Å². The number of hydrogen-bond donors (Lipinski definition) is 0. The number of hydrogen-bond acceptors (Lipinski definition) is 1. The molecule has 0 spiro atoms. The molecule has 13 heavy (non-hydrogen) atoms. The van der Waals surface area contributed by atoms with E-state index < -0.39 is 0 Å². The standard InChI is InChI=1S/C11H13BrO/c1-8-5-4-6-10(9(2)7-12)11(8)13-3/h4-6H,2,7H2,1,3H3. The lowest BCUT2D eigenvalue weighted by Crippen LogP contribution is -1.94. The fourth-order valence-electron chi connectivity index (χ4n) is 1.27. The van der Waals surface area contributed by atoms with Gasteiger partial charge in [-0.2, -0.15) is 0 Å². The minimum absolute atomic E-state index is 0.771. The van der Waals surface area contributed by atoms with Gasteiger partial charge in [-0.1, -0.05) is 40.7 Å². The third-order valence-corrected chi connectivity index (χ3v) is 2.64. The van der Waals surface area contributed by atoms with Gasteiger partial charge in [0.15, 0.2) is 0 Å². The van der Waals surface area contributed by atoms with Gasteiger partial charge in [-0.05, 0) is 18.1 Å². The quantitative estimate of drug-likeness (QED) is 0.737. The molecule has 0 saturated carbocycles. The summed E-state index contributed by atoms with van der Waals surface area (Å²) in [6, 6.07) is 6.07. The van der Waals surface area contributed by atoms with Gasteiger partial charge in [0.25, 0.3) is 0 Å². The van der Waals surface area contributed by atoms with Crippen molar-refractivity contribution in [2.45, 2.75) is 6.92 Å². The molecule has 0 aliphatic heterocycles. The fourth-order valence-corrected chi connectivity index (χ4v) is 1.58. The first kappa shape index (κ1) is 10.3. The van der Waals surface area contributed by atoms with Crippen molar-refractivity contribution < 1.29 is 4.74 Å². The predicted octanol–water partition coefficient (Wildman–Crippen LogP) is 3.41. The van der Waals surface area contributed by atoms with Crippen LogP contribution in [0.25, 0.3) is 5.57 Å². The lowest BCUT2D eigenvalue weighted by atomic mass is 10.0. The molecule has 2 heteroatoms. The molecule has 1 nitrogen and oxygen atoms in total. The van der Waals surface area contributed by atoms with Gasteiger partial charge in [-0.25, -0.2) is 0 Å². The molecule has 0 heterocycles. The molecule has 0 N–H and O–H groups in total. The predicted molar refractivity (Wildman–Crippen MR) is 60.6 cm³/mol. The summed E-state index contributed by atoms with van der Waals surface area (Å²) in [6.07, 6.45) is 0. The maximum atomic E-state index is 5.32. The number of ether oxygens (including phenoxy) is 1. The van der Waals surface area contributed by atoms with E-state index in [2.05, 4.69) is 22.5 Å². The third-order valence-electron chi connectivity index (χ3n) is 1.96. The number of benzene rings is 1. The summed E-state index contributed by atoms with van der Waals surface area (Å²) in [7, 11) is 1.69. The number of rotatable bonds is 3. The first-order chi connectivity index (χ1) is 6.20. The number of methoxy groups -OCH3 is 1. The van der Waals surface area contributed by atoms with Crippen LogP contribution < -0.4 is 4.74 Å². The molecule has 0 aromatic heterocycles. The monoisotopic (exact) mass is 240 g/mol. The molecule has 1 rings (SSSR count). The van der Waals surface area contributed by atoms with Gasteiger partial charge in [0.1, 0.15) is 5.75 Å². The van der Waals surface area contributed by atoms with Crippen LogP contribution in [0.2, 0.25) is 0 Å². The first-order valence-corrected chi connectivity index (χ1v) is 5.20. The molecular weight excluding hydrogens is 228 g/mol. The highest BCUT2D eigenvalue weighted by Gasteiger charge is 2.07. The van der Waals surface area contributed by atoms with Gasteiger partial charge in [0, 0.05) is 10.9 Å². The molecule has 0 atom stereocenters. The van der Waals surface area contributed by atoms with Crippen LogP contribution in [0.4, 0.5) is 0 Å². The Balaban J connectivity index is 3.20. The van der Waals surface area contributed by atoms with Crippen molar-refractivity contribution in [3.8, 4) is 5.75 Å². The van der Waals surface area contributed by atoms with Crippen LogP contribution in [-0.2, 0) is 0 Å². The Bertz CT molecular complexity index is 318. The molecule has 0 radical (unpaired) electrons. The van der Waals surface area contributed by atoms with Crippen molar-refractivity contribution in [1.29, 1.82) is 0 Å². The van der Waals surface area contributed by atoms with Crippen LogP contribution in [-0.4, -0.2) is 12.4 Å². The lowest BCUT2D eigenvalue weighted by molar-refractivity contribution is 0.410. The van der Waals surface area contributed by atoms with E-state index in [1.165, 1.54) is 0 Å². The molecule has 0 unspecified atom stereocenters. The van der Waals surface area contributed by atoms with Crippen LogP contribution in [0.3, 0.4) is 0 Å². The summed E-state index contributed by atoms with van der Waals surface area (Å²) >= 11 is 3.38. The van der Waals surface area contributed by atoms with E-state index in [0.717, 1.165) is 27.8 Å². The van der Waals surface area contributed by atoms with Crippen molar-refractivity contribution in [2.75, 3.05) is 12.4 Å². The summed E-state index contributed by atoms with van der Waals surface area (Å²) in [4.78, 5) is 0. The normalized spacial score (nSPS) is 9.77. The second-order valence-corrected chi connectivity index (χ2v) is 3.45. The number of halogens is 1. The molecule has 0 amide bonds. The summed E-state index contributed by atoms with van der Waals surface area (Å²) in [6.45, 7) is 6.00. The van der Waals surface area contributed by atoms with E-state index in [4.69, 9.17) is 4.74 Å². The van der Waals surface area contributed by atoms with Crippen LogP contribution in [0.15, 0.2) is 24.8 Å². The Hall–Kier alpha value is -0.760. The Labute approximate surface area is 87.5 Å². The third kappa shape index (κ3) is 2.13. The zero-order valence-electron chi connectivity index (χ0n) is 7.93. The zero-order valence-corrected chi connectivity index (χ0v) is 9.52.